The summed E-state index contributed by atoms with van der Waals surface area (Å²) in [7, 11) is 0. The lowest BCUT2D eigenvalue weighted by atomic mass is 10.2. The first-order valence-electron chi connectivity index (χ1n) is 2.74. The Hall–Kier alpha value is -0.550. The molecule has 0 saturated carbocycles. The molecule has 0 fully saturated rings. The van der Waals surface area contributed by atoms with Crippen LogP contribution in [-0.4, -0.2) is 12.4 Å². The van der Waals surface area contributed by atoms with Crippen molar-refractivity contribution in [3.63, 3.8) is 0 Å². The van der Waals surface area contributed by atoms with Gasteiger partial charge in [0.05, 0.1) is 0 Å². The lowest BCUT2D eigenvalue weighted by Gasteiger charge is -1.84. The van der Waals surface area contributed by atoms with Crippen molar-refractivity contribution in [2.75, 3.05) is 6.54 Å². The first-order valence-corrected chi connectivity index (χ1v) is 2.74. The summed E-state index contributed by atoms with van der Waals surface area (Å²) in [5, 5.41) is 0. The molecule has 1 heterocycles. The van der Waals surface area contributed by atoms with E-state index in [4.69, 9.17) is 0 Å². The Labute approximate surface area is 43.8 Å². The van der Waals surface area contributed by atoms with Gasteiger partial charge >= 0.3 is 0 Å². The van der Waals surface area contributed by atoms with E-state index < -0.39 is 0 Å². The van der Waals surface area contributed by atoms with Crippen LogP contribution in [0.25, 0.3) is 0 Å². The minimum atomic E-state index is 0.983. The Morgan fingerprint density at radius 3 is 3.43 bits per heavy atom. The highest BCUT2D eigenvalue weighted by molar-refractivity contribution is 5.51. The van der Waals surface area contributed by atoms with Crippen molar-refractivity contribution in [3.05, 3.63) is 6.08 Å². The number of nitrogens with zero attached hydrogens (tertiary/aromatic N) is 1. The fourth-order valence-electron chi connectivity index (χ4n) is 0.631. The summed E-state index contributed by atoms with van der Waals surface area (Å²) >= 11 is 0. The highest BCUT2D eigenvalue weighted by Gasteiger charge is 1.85. The number of hydrogen-bond acceptors (Lipinski definition) is 1. The second-order valence-corrected chi connectivity index (χ2v) is 1.71. The molecular weight excluding hydrogens is 86.1 g/mol. The van der Waals surface area contributed by atoms with Crippen molar-refractivity contribution in [2.24, 2.45) is 4.99 Å². The summed E-state index contributed by atoms with van der Waals surface area (Å²) in [6.07, 6.45) is 5.70. The van der Waals surface area contributed by atoms with Crippen LogP contribution in [0.1, 0.15) is 19.3 Å². The molecule has 0 spiro atoms. The van der Waals surface area contributed by atoms with Gasteiger partial charge in [-0.15, -0.1) is 0 Å². The maximum atomic E-state index is 3.97. The second-order valence-electron chi connectivity index (χ2n) is 1.71. The molecule has 38 valence electrons. The van der Waals surface area contributed by atoms with Crippen molar-refractivity contribution in [3.8, 4) is 0 Å². The van der Waals surface area contributed by atoms with Crippen LogP contribution in [-0.2, 0) is 0 Å². The number of rotatable bonds is 0. The van der Waals surface area contributed by atoms with E-state index in [1.807, 2.05) is 6.08 Å². The topological polar surface area (TPSA) is 12.4 Å². The van der Waals surface area contributed by atoms with Gasteiger partial charge in [-0.2, -0.15) is 0 Å². The molecule has 0 aromatic carbocycles. The third kappa shape index (κ3) is 1.56. The van der Waals surface area contributed by atoms with Crippen molar-refractivity contribution < 1.29 is 0 Å². The Morgan fingerprint density at radius 1 is 1.43 bits per heavy atom. The van der Waals surface area contributed by atoms with E-state index in [2.05, 4.69) is 10.9 Å². The predicted octanol–water partition coefficient (Wildman–Crippen LogP) is 1.40. The van der Waals surface area contributed by atoms with Crippen LogP contribution in [0, 0.1) is 0 Å². The summed E-state index contributed by atoms with van der Waals surface area (Å²) in [4.78, 5) is 3.97. The average Bonchev–Trinajstić information content (AvgIpc) is 1.90. The van der Waals surface area contributed by atoms with Gasteiger partial charge in [-0.05, 0) is 31.2 Å². The van der Waals surface area contributed by atoms with E-state index in [1.54, 1.807) is 0 Å². The number of hydrogen-bond donors (Lipinski definition) is 0. The molecule has 1 rings (SSSR count). The van der Waals surface area contributed by atoms with Crippen molar-refractivity contribution in [1.29, 1.82) is 0 Å². The standard InChI is InChI=1S/C6H9N/c1-2-4-6-7-5-3-1/h3H,1-2,4,6H2. The molecule has 1 nitrogen and oxygen atoms in total. The second kappa shape index (κ2) is 2.59. The summed E-state index contributed by atoms with van der Waals surface area (Å²) in [5.41, 5.74) is 0. The molecule has 0 aromatic heterocycles. The van der Waals surface area contributed by atoms with Gasteiger partial charge in [-0.1, -0.05) is 0 Å². The number of aliphatic imine (C=N–C) groups is 1. The van der Waals surface area contributed by atoms with Crippen LogP contribution in [0.15, 0.2) is 11.1 Å². The van der Waals surface area contributed by atoms with Crippen molar-refractivity contribution in [1.82, 2.24) is 0 Å². The van der Waals surface area contributed by atoms with E-state index in [-0.39, 0.29) is 0 Å². The maximum Gasteiger partial charge on any atom is 0.0483 e. The minimum Gasteiger partial charge on any atom is -0.243 e. The van der Waals surface area contributed by atoms with Crippen LogP contribution in [0.2, 0.25) is 0 Å². The van der Waals surface area contributed by atoms with E-state index >= 15 is 0 Å². The quantitative estimate of drug-likeness (QED) is 0.431. The molecule has 0 saturated heterocycles. The van der Waals surface area contributed by atoms with Gasteiger partial charge in [0, 0.05) is 6.54 Å². The van der Waals surface area contributed by atoms with E-state index in [0.717, 1.165) is 6.54 Å². The summed E-state index contributed by atoms with van der Waals surface area (Å²) < 4.78 is 0. The molecule has 7 heavy (non-hydrogen) atoms. The Bertz CT molecular complexity index is 88.7. The normalized spacial score (nSPS) is 19.4. The summed E-state index contributed by atoms with van der Waals surface area (Å²) in [6.45, 7) is 0.983. The van der Waals surface area contributed by atoms with Gasteiger partial charge in [0.25, 0.3) is 0 Å². The summed E-state index contributed by atoms with van der Waals surface area (Å²) in [5.74, 6) is 2.85. The number of allylic oxidation sites excluding steroid dienone is 1. The van der Waals surface area contributed by atoms with Crippen LogP contribution in [0.5, 0.6) is 0 Å². The largest absolute Gasteiger partial charge is 0.243 e. The first-order chi connectivity index (χ1) is 3.50. The van der Waals surface area contributed by atoms with Gasteiger partial charge < -0.3 is 0 Å². The molecule has 0 amide bonds. The third-order valence-corrected chi connectivity index (χ3v) is 1.05. The highest BCUT2D eigenvalue weighted by Crippen LogP contribution is 1.97. The molecule has 1 aliphatic heterocycles. The Morgan fingerprint density at radius 2 is 2.43 bits per heavy atom. The Kier molecular flexibility index (Phi) is 1.71. The zero-order valence-corrected chi connectivity index (χ0v) is 4.35. The first kappa shape index (κ1) is 4.61. The smallest absolute Gasteiger partial charge is 0.0483 e. The van der Waals surface area contributed by atoms with Crippen LogP contribution < -0.4 is 0 Å². The molecule has 0 unspecified atom stereocenters. The van der Waals surface area contributed by atoms with Gasteiger partial charge in [0.15, 0.2) is 0 Å². The van der Waals surface area contributed by atoms with E-state index in [9.17, 15) is 0 Å². The summed E-state index contributed by atoms with van der Waals surface area (Å²) in [6, 6.07) is 0. The maximum absolute atomic E-state index is 3.97. The van der Waals surface area contributed by atoms with Gasteiger partial charge in [-0.3, -0.25) is 0 Å². The molecule has 0 radical (unpaired) electrons. The van der Waals surface area contributed by atoms with Gasteiger partial charge in [-0.25, -0.2) is 4.99 Å². The van der Waals surface area contributed by atoms with Crippen molar-refractivity contribution >= 4 is 5.87 Å². The van der Waals surface area contributed by atoms with Gasteiger partial charge in [0.1, 0.15) is 0 Å². The Balaban J connectivity index is 2.40. The van der Waals surface area contributed by atoms with Crippen LogP contribution in [0.3, 0.4) is 0 Å². The lowest BCUT2D eigenvalue weighted by molar-refractivity contribution is 0.773. The monoisotopic (exact) mass is 95.1 g/mol. The molecular formula is C6H9N. The molecule has 0 bridgehead atoms. The molecule has 1 aliphatic rings. The minimum absolute atomic E-state index is 0.983. The molecule has 0 atom stereocenters. The third-order valence-electron chi connectivity index (χ3n) is 1.05. The van der Waals surface area contributed by atoms with Crippen LogP contribution in [0.4, 0.5) is 0 Å². The SMILES string of the molecule is C1=CCCCCN=1. The fraction of sp³-hybridized carbons (Fsp3) is 0.667. The van der Waals surface area contributed by atoms with Crippen LogP contribution >= 0.6 is 0 Å². The zero-order valence-electron chi connectivity index (χ0n) is 4.35. The average molecular weight is 95.1 g/mol. The molecule has 0 N–H and O–H groups in total. The van der Waals surface area contributed by atoms with E-state index in [1.165, 1.54) is 19.3 Å². The molecule has 1 heteroatoms. The lowest BCUT2D eigenvalue weighted by Crippen LogP contribution is -1.74. The predicted molar refractivity (Wildman–Crippen MR) is 30.7 cm³/mol. The molecule has 0 aromatic rings. The fourth-order valence-corrected chi connectivity index (χ4v) is 0.631. The van der Waals surface area contributed by atoms with E-state index in [0.29, 0.717) is 0 Å². The zero-order chi connectivity index (χ0) is 4.95. The van der Waals surface area contributed by atoms with Crippen molar-refractivity contribution in [2.45, 2.75) is 19.3 Å². The van der Waals surface area contributed by atoms with Gasteiger partial charge in [0.2, 0.25) is 0 Å². The molecule has 0 aliphatic carbocycles. The highest BCUT2D eigenvalue weighted by atomic mass is 14.7.